The summed E-state index contributed by atoms with van der Waals surface area (Å²) in [6.45, 7) is 3.57. The van der Waals surface area contributed by atoms with E-state index in [1.54, 1.807) is 17.8 Å². The molecule has 1 aromatic rings. The summed E-state index contributed by atoms with van der Waals surface area (Å²) >= 11 is 0. The number of hydrogen-bond acceptors (Lipinski definition) is 4. The van der Waals surface area contributed by atoms with Gasteiger partial charge in [-0.15, -0.1) is 16.9 Å². The lowest BCUT2D eigenvalue weighted by Crippen LogP contribution is -2.43. The van der Waals surface area contributed by atoms with E-state index in [0.29, 0.717) is 24.6 Å². The topological polar surface area (TPSA) is 59.8 Å². The van der Waals surface area contributed by atoms with Gasteiger partial charge in [-0.1, -0.05) is 5.21 Å². The van der Waals surface area contributed by atoms with E-state index >= 15 is 0 Å². The van der Waals surface area contributed by atoms with Crippen molar-refractivity contribution in [3.8, 4) is 11.8 Å². The summed E-state index contributed by atoms with van der Waals surface area (Å²) < 4.78 is 1.76. The molecule has 0 bridgehead atoms. The third-order valence-electron chi connectivity index (χ3n) is 2.58. The highest BCUT2D eigenvalue weighted by molar-refractivity contribution is 5.93. The van der Waals surface area contributed by atoms with Crippen LogP contribution in [0.25, 0.3) is 0 Å². The fourth-order valence-electron chi connectivity index (χ4n) is 1.47. The first kappa shape index (κ1) is 10.8. The summed E-state index contributed by atoms with van der Waals surface area (Å²) in [5.74, 6) is 5.64. The second kappa shape index (κ2) is 4.90. The number of Topliss-reactive ketones (excluding diaryl/α,β-unsaturated/α-hetero) is 1. The van der Waals surface area contributed by atoms with Crippen LogP contribution in [0.4, 0.5) is 0 Å². The summed E-state index contributed by atoms with van der Waals surface area (Å²) in [5, 5.41) is 11.0. The maximum absolute atomic E-state index is 11.7. The van der Waals surface area contributed by atoms with Crippen molar-refractivity contribution < 1.29 is 4.79 Å². The molecule has 84 valence electrons. The van der Waals surface area contributed by atoms with E-state index in [-0.39, 0.29) is 5.78 Å². The van der Waals surface area contributed by atoms with Gasteiger partial charge in [0.1, 0.15) is 5.69 Å². The molecule has 1 aliphatic heterocycles. The van der Waals surface area contributed by atoms with Crippen LogP contribution in [0, 0.1) is 11.8 Å². The van der Waals surface area contributed by atoms with Crippen LogP contribution in [0.3, 0.4) is 0 Å². The van der Waals surface area contributed by atoms with Crippen LogP contribution >= 0.6 is 0 Å². The fraction of sp³-hybridized carbons (Fsp3) is 0.545. The molecule has 16 heavy (non-hydrogen) atoms. The SMILES string of the molecule is CC#CCCC(=O)c1cn(C2CNC2)nn1. The van der Waals surface area contributed by atoms with Crippen LogP contribution in [-0.4, -0.2) is 33.9 Å². The summed E-state index contributed by atoms with van der Waals surface area (Å²) in [4.78, 5) is 11.7. The molecule has 0 radical (unpaired) electrons. The summed E-state index contributed by atoms with van der Waals surface area (Å²) in [6, 6.07) is 0.351. The number of carbonyl (C=O) groups is 1. The molecular formula is C11H14N4O. The van der Waals surface area contributed by atoms with Gasteiger partial charge in [-0.3, -0.25) is 4.79 Å². The van der Waals surface area contributed by atoms with Crippen LogP contribution < -0.4 is 5.32 Å². The molecule has 2 heterocycles. The molecule has 0 unspecified atom stereocenters. The number of nitrogens with zero attached hydrogens (tertiary/aromatic N) is 3. The fourth-order valence-corrected chi connectivity index (χ4v) is 1.47. The van der Waals surface area contributed by atoms with Crippen molar-refractivity contribution in [1.29, 1.82) is 0 Å². The lowest BCUT2D eigenvalue weighted by molar-refractivity contribution is 0.0979. The molecule has 1 aromatic heterocycles. The Kier molecular flexibility index (Phi) is 3.32. The predicted octanol–water partition coefficient (Wildman–Crippen LogP) is 0.409. The lowest BCUT2D eigenvalue weighted by atomic mass is 10.1. The first-order chi connectivity index (χ1) is 7.81. The largest absolute Gasteiger partial charge is 0.312 e. The van der Waals surface area contributed by atoms with Crippen LogP contribution in [-0.2, 0) is 0 Å². The van der Waals surface area contributed by atoms with Crippen molar-refractivity contribution in [1.82, 2.24) is 20.3 Å². The smallest absolute Gasteiger partial charge is 0.185 e. The van der Waals surface area contributed by atoms with Crippen molar-refractivity contribution >= 4 is 5.78 Å². The molecule has 2 rings (SSSR count). The number of nitrogens with one attached hydrogen (secondary N) is 1. The van der Waals surface area contributed by atoms with E-state index in [4.69, 9.17) is 0 Å². The third kappa shape index (κ3) is 2.28. The molecule has 0 aliphatic carbocycles. The van der Waals surface area contributed by atoms with Crippen LogP contribution in [0.5, 0.6) is 0 Å². The number of hydrogen-bond donors (Lipinski definition) is 1. The molecular weight excluding hydrogens is 204 g/mol. The van der Waals surface area contributed by atoms with Crippen molar-refractivity contribution in [3.63, 3.8) is 0 Å². The number of rotatable bonds is 4. The Morgan fingerprint density at radius 1 is 1.69 bits per heavy atom. The Balaban J connectivity index is 1.94. The average molecular weight is 218 g/mol. The lowest BCUT2D eigenvalue weighted by Gasteiger charge is -2.26. The van der Waals surface area contributed by atoms with Gasteiger partial charge in [0.2, 0.25) is 0 Å². The normalized spacial score (nSPS) is 15.1. The highest BCUT2D eigenvalue weighted by Crippen LogP contribution is 2.10. The number of ketones is 1. The Bertz CT molecular complexity index is 436. The quantitative estimate of drug-likeness (QED) is 0.587. The Hall–Kier alpha value is -1.67. The van der Waals surface area contributed by atoms with E-state index in [0.717, 1.165) is 13.1 Å². The Morgan fingerprint density at radius 3 is 3.12 bits per heavy atom. The predicted molar refractivity (Wildman–Crippen MR) is 58.9 cm³/mol. The van der Waals surface area contributed by atoms with E-state index in [1.807, 2.05) is 0 Å². The van der Waals surface area contributed by atoms with Gasteiger partial charge in [0, 0.05) is 25.9 Å². The monoisotopic (exact) mass is 218 g/mol. The second-order valence-corrected chi connectivity index (χ2v) is 3.75. The van der Waals surface area contributed by atoms with Gasteiger partial charge in [0.25, 0.3) is 0 Å². The van der Waals surface area contributed by atoms with E-state index in [1.165, 1.54) is 0 Å². The standard InChI is InChI=1S/C11H14N4O/c1-2-3-4-5-11(16)10-8-15(14-13-10)9-6-12-7-9/h8-9,12H,4-7H2,1H3. The summed E-state index contributed by atoms with van der Waals surface area (Å²) in [6.07, 6.45) is 2.74. The molecule has 0 amide bonds. The van der Waals surface area contributed by atoms with Crippen LogP contribution in [0.2, 0.25) is 0 Å². The van der Waals surface area contributed by atoms with Gasteiger partial charge in [0.05, 0.1) is 12.2 Å². The van der Waals surface area contributed by atoms with E-state index in [9.17, 15) is 4.79 Å². The minimum Gasteiger partial charge on any atom is -0.312 e. The van der Waals surface area contributed by atoms with Crippen molar-refractivity contribution in [2.75, 3.05) is 13.1 Å². The van der Waals surface area contributed by atoms with Gasteiger partial charge in [0.15, 0.2) is 5.78 Å². The minimum absolute atomic E-state index is 0.0151. The van der Waals surface area contributed by atoms with Gasteiger partial charge >= 0.3 is 0 Å². The zero-order chi connectivity index (χ0) is 11.4. The average Bonchev–Trinajstić information content (AvgIpc) is 2.64. The van der Waals surface area contributed by atoms with Crippen LogP contribution in [0.15, 0.2) is 6.20 Å². The second-order valence-electron chi connectivity index (χ2n) is 3.75. The first-order valence-electron chi connectivity index (χ1n) is 5.36. The van der Waals surface area contributed by atoms with E-state index in [2.05, 4.69) is 27.5 Å². The molecule has 5 nitrogen and oxygen atoms in total. The number of carbonyl (C=O) groups excluding carboxylic acids is 1. The highest BCUT2D eigenvalue weighted by atomic mass is 16.1. The van der Waals surface area contributed by atoms with Crippen molar-refractivity contribution in [2.24, 2.45) is 0 Å². The molecule has 1 aliphatic rings. The van der Waals surface area contributed by atoms with Crippen molar-refractivity contribution in [3.05, 3.63) is 11.9 Å². The zero-order valence-corrected chi connectivity index (χ0v) is 9.23. The maximum atomic E-state index is 11.7. The molecule has 0 atom stereocenters. The Labute approximate surface area is 94.2 Å². The molecule has 1 N–H and O–H groups in total. The van der Waals surface area contributed by atoms with Gasteiger partial charge < -0.3 is 5.32 Å². The molecule has 1 saturated heterocycles. The van der Waals surface area contributed by atoms with E-state index < -0.39 is 0 Å². The first-order valence-corrected chi connectivity index (χ1v) is 5.36. The molecule has 1 fully saturated rings. The molecule has 0 aromatic carbocycles. The zero-order valence-electron chi connectivity index (χ0n) is 9.23. The molecule has 0 spiro atoms. The number of aromatic nitrogens is 3. The van der Waals surface area contributed by atoms with Gasteiger partial charge in [-0.2, -0.15) is 0 Å². The Morgan fingerprint density at radius 2 is 2.50 bits per heavy atom. The van der Waals surface area contributed by atoms with Gasteiger partial charge in [-0.25, -0.2) is 4.68 Å². The summed E-state index contributed by atoms with van der Waals surface area (Å²) in [5.41, 5.74) is 0.449. The minimum atomic E-state index is 0.0151. The highest BCUT2D eigenvalue weighted by Gasteiger charge is 2.21. The van der Waals surface area contributed by atoms with Crippen molar-refractivity contribution in [2.45, 2.75) is 25.8 Å². The maximum Gasteiger partial charge on any atom is 0.185 e. The molecule has 5 heteroatoms. The third-order valence-corrected chi connectivity index (χ3v) is 2.58. The van der Waals surface area contributed by atoms with Gasteiger partial charge in [-0.05, 0) is 6.92 Å². The molecule has 0 saturated carbocycles. The van der Waals surface area contributed by atoms with Crippen LogP contribution in [0.1, 0.15) is 36.3 Å². The summed E-state index contributed by atoms with van der Waals surface area (Å²) in [7, 11) is 0.